The van der Waals surface area contributed by atoms with Gasteiger partial charge in [0.05, 0.1) is 22.2 Å². The van der Waals surface area contributed by atoms with Crippen LogP contribution in [0.15, 0.2) is 76.4 Å². The molecule has 6 heteroatoms. The van der Waals surface area contributed by atoms with E-state index in [0.29, 0.717) is 27.2 Å². The number of nitrogens with zero attached hydrogens (tertiary/aromatic N) is 2. The lowest BCUT2D eigenvalue weighted by Crippen LogP contribution is -2.21. The van der Waals surface area contributed by atoms with Crippen LogP contribution in [-0.4, -0.2) is 15.3 Å². The van der Waals surface area contributed by atoms with Crippen molar-refractivity contribution in [1.29, 1.82) is 0 Å². The summed E-state index contributed by atoms with van der Waals surface area (Å²) >= 11 is 7.67. The van der Waals surface area contributed by atoms with Gasteiger partial charge in [0.2, 0.25) is 5.78 Å². The minimum Gasteiger partial charge on any atom is -0.285 e. The molecule has 4 aromatic rings. The predicted octanol–water partition coefficient (Wildman–Crippen LogP) is 4.88. The topological polar surface area (TPSA) is 52.0 Å². The monoisotopic (exact) mass is 404 g/mol. The summed E-state index contributed by atoms with van der Waals surface area (Å²) in [5, 5.41) is 0.920. The summed E-state index contributed by atoms with van der Waals surface area (Å²) in [5.74, 6) is 0.706. The number of thioether (sulfide) groups is 1. The number of carbonyl (C=O) groups is 1. The molecule has 1 aliphatic rings. The highest BCUT2D eigenvalue weighted by molar-refractivity contribution is 7.98. The van der Waals surface area contributed by atoms with Crippen molar-refractivity contribution in [2.24, 2.45) is 0 Å². The normalized spacial score (nSPS) is 12.2. The van der Waals surface area contributed by atoms with Gasteiger partial charge in [-0.1, -0.05) is 41.9 Å². The van der Waals surface area contributed by atoms with Gasteiger partial charge in [0.25, 0.3) is 5.56 Å². The van der Waals surface area contributed by atoms with Crippen molar-refractivity contribution in [2.75, 3.05) is 0 Å². The highest BCUT2D eigenvalue weighted by Gasteiger charge is 2.30. The maximum Gasteiger partial charge on any atom is 0.266 e. The van der Waals surface area contributed by atoms with E-state index < -0.39 is 0 Å². The third-order valence-electron chi connectivity index (χ3n) is 4.74. The first kappa shape index (κ1) is 17.2. The molecule has 28 heavy (non-hydrogen) atoms. The van der Waals surface area contributed by atoms with Gasteiger partial charge in [-0.15, -0.1) is 11.8 Å². The molecule has 0 fully saturated rings. The fourth-order valence-electron chi connectivity index (χ4n) is 3.38. The van der Waals surface area contributed by atoms with Crippen molar-refractivity contribution >= 4 is 40.0 Å². The van der Waals surface area contributed by atoms with Gasteiger partial charge < -0.3 is 0 Å². The van der Waals surface area contributed by atoms with Gasteiger partial charge in [-0.2, -0.15) is 0 Å². The molecule has 0 aliphatic carbocycles. The van der Waals surface area contributed by atoms with Crippen LogP contribution in [0.3, 0.4) is 0 Å². The zero-order chi connectivity index (χ0) is 19.3. The van der Waals surface area contributed by atoms with Crippen molar-refractivity contribution in [3.63, 3.8) is 0 Å². The number of hydrogen-bond donors (Lipinski definition) is 0. The third kappa shape index (κ3) is 2.75. The maximum atomic E-state index is 13.0. The zero-order valence-corrected chi connectivity index (χ0v) is 16.1. The maximum absolute atomic E-state index is 13.0. The summed E-state index contributed by atoms with van der Waals surface area (Å²) in [5.41, 5.74) is 2.48. The number of ketones is 1. The molecule has 1 aromatic heterocycles. The Morgan fingerprint density at radius 1 is 0.964 bits per heavy atom. The average molecular weight is 405 g/mol. The van der Waals surface area contributed by atoms with Gasteiger partial charge in [-0.05, 0) is 42.0 Å². The third-order valence-corrected chi connectivity index (χ3v) is 6.04. The number of aromatic nitrogens is 2. The van der Waals surface area contributed by atoms with E-state index in [-0.39, 0.29) is 17.2 Å². The molecule has 0 saturated carbocycles. The molecule has 3 aromatic carbocycles. The highest BCUT2D eigenvalue weighted by Crippen LogP contribution is 2.32. The standard InChI is InChI=1S/C22H13ClN2O2S/c23-14-6-8-16-18(10-14)24-21-20(26)17-11-15(7-9-19(17)25(21)22(16)27)28-12-13-4-2-1-3-5-13/h1-11H,12H2. The molecular weight excluding hydrogens is 392 g/mol. The van der Waals surface area contributed by atoms with E-state index in [4.69, 9.17) is 11.6 Å². The van der Waals surface area contributed by atoms with Crippen molar-refractivity contribution < 1.29 is 4.79 Å². The van der Waals surface area contributed by atoms with Crippen molar-refractivity contribution in [1.82, 2.24) is 9.55 Å². The molecular formula is C22H13ClN2O2S. The molecule has 0 N–H and O–H groups in total. The lowest BCUT2D eigenvalue weighted by atomic mass is 10.1. The van der Waals surface area contributed by atoms with Crippen LogP contribution in [-0.2, 0) is 5.75 Å². The first-order chi connectivity index (χ1) is 13.6. The van der Waals surface area contributed by atoms with Gasteiger partial charge in [-0.25, -0.2) is 4.98 Å². The van der Waals surface area contributed by atoms with Crippen LogP contribution < -0.4 is 5.56 Å². The summed E-state index contributed by atoms with van der Waals surface area (Å²) in [6, 6.07) is 20.7. The Balaban J connectivity index is 1.57. The van der Waals surface area contributed by atoms with E-state index in [9.17, 15) is 9.59 Å². The van der Waals surface area contributed by atoms with Crippen LogP contribution in [0.4, 0.5) is 0 Å². The van der Waals surface area contributed by atoms with E-state index in [1.165, 1.54) is 10.1 Å². The van der Waals surface area contributed by atoms with Crippen molar-refractivity contribution in [3.8, 4) is 5.69 Å². The number of carbonyl (C=O) groups excluding carboxylic acids is 1. The molecule has 1 aliphatic heterocycles. The fourth-order valence-corrected chi connectivity index (χ4v) is 4.44. The number of fused-ring (bicyclic) bond motifs is 4. The number of rotatable bonds is 3. The first-order valence-electron chi connectivity index (χ1n) is 8.70. The highest BCUT2D eigenvalue weighted by atomic mass is 35.5. The van der Waals surface area contributed by atoms with Crippen LogP contribution in [0, 0.1) is 0 Å². The van der Waals surface area contributed by atoms with E-state index in [1.54, 1.807) is 30.0 Å². The SMILES string of the molecule is O=C1c2cc(SCc3ccccc3)ccc2-n2c1nc1cc(Cl)ccc1c2=O. The summed E-state index contributed by atoms with van der Waals surface area (Å²) in [4.78, 5) is 31.3. The summed E-state index contributed by atoms with van der Waals surface area (Å²) in [6.07, 6.45) is 0. The molecule has 136 valence electrons. The van der Waals surface area contributed by atoms with Gasteiger partial charge in [0, 0.05) is 15.7 Å². The number of benzene rings is 3. The van der Waals surface area contributed by atoms with Gasteiger partial charge in [0.1, 0.15) is 0 Å². The van der Waals surface area contributed by atoms with Gasteiger partial charge >= 0.3 is 0 Å². The smallest absolute Gasteiger partial charge is 0.266 e. The lowest BCUT2D eigenvalue weighted by Gasteiger charge is -2.07. The minimum absolute atomic E-state index is 0.139. The molecule has 4 nitrogen and oxygen atoms in total. The van der Waals surface area contributed by atoms with Crippen LogP contribution in [0.1, 0.15) is 21.7 Å². The summed E-state index contributed by atoms with van der Waals surface area (Å²) < 4.78 is 1.40. The Morgan fingerprint density at radius 2 is 1.79 bits per heavy atom. The Bertz CT molecular complexity index is 1320. The fraction of sp³-hybridized carbons (Fsp3) is 0.0455. The van der Waals surface area contributed by atoms with Gasteiger partial charge in [0.15, 0.2) is 5.82 Å². The Labute approximate surface area is 169 Å². The molecule has 5 rings (SSSR count). The Morgan fingerprint density at radius 3 is 2.61 bits per heavy atom. The minimum atomic E-state index is -0.256. The second kappa shape index (κ2) is 6.62. The molecule has 0 radical (unpaired) electrons. The van der Waals surface area contributed by atoms with Crippen LogP contribution in [0.5, 0.6) is 0 Å². The Kier molecular flexibility index (Phi) is 4.07. The molecule has 0 atom stereocenters. The van der Waals surface area contributed by atoms with E-state index >= 15 is 0 Å². The quantitative estimate of drug-likeness (QED) is 0.402. The van der Waals surface area contributed by atoms with Crippen LogP contribution >= 0.6 is 23.4 Å². The summed E-state index contributed by atoms with van der Waals surface area (Å²) in [7, 11) is 0. The first-order valence-corrected chi connectivity index (χ1v) is 10.1. The van der Waals surface area contributed by atoms with Crippen LogP contribution in [0.25, 0.3) is 16.6 Å². The molecule has 0 spiro atoms. The zero-order valence-electron chi connectivity index (χ0n) is 14.6. The van der Waals surface area contributed by atoms with Crippen LogP contribution in [0.2, 0.25) is 5.02 Å². The second-order valence-corrected chi connectivity index (χ2v) is 8.00. The molecule has 0 saturated heterocycles. The predicted molar refractivity (Wildman–Crippen MR) is 112 cm³/mol. The van der Waals surface area contributed by atoms with Gasteiger partial charge in [-0.3, -0.25) is 14.2 Å². The van der Waals surface area contributed by atoms with E-state index in [0.717, 1.165) is 10.6 Å². The Hall–Kier alpha value is -2.89. The molecule has 0 amide bonds. The second-order valence-electron chi connectivity index (χ2n) is 6.52. The van der Waals surface area contributed by atoms with Crippen molar-refractivity contribution in [3.05, 3.63) is 99.1 Å². The molecule has 0 unspecified atom stereocenters. The average Bonchev–Trinajstić information content (AvgIpc) is 2.99. The number of hydrogen-bond acceptors (Lipinski definition) is 4. The summed E-state index contributed by atoms with van der Waals surface area (Å²) in [6.45, 7) is 0. The lowest BCUT2D eigenvalue weighted by molar-refractivity contribution is 0.103. The largest absolute Gasteiger partial charge is 0.285 e. The van der Waals surface area contributed by atoms with Crippen molar-refractivity contribution in [2.45, 2.75) is 10.6 Å². The number of halogens is 1. The molecule has 0 bridgehead atoms. The van der Waals surface area contributed by atoms with E-state index in [2.05, 4.69) is 17.1 Å². The molecule has 2 heterocycles. The van der Waals surface area contributed by atoms with E-state index in [1.807, 2.05) is 36.4 Å².